The lowest BCUT2D eigenvalue weighted by molar-refractivity contribution is 0.0690. The lowest BCUT2D eigenvalue weighted by Gasteiger charge is -2.38. The largest absolute Gasteiger partial charge is 0.506 e. The van der Waals surface area contributed by atoms with Gasteiger partial charge in [0.15, 0.2) is 0 Å². The summed E-state index contributed by atoms with van der Waals surface area (Å²) in [5.41, 5.74) is 0.442. The van der Waals surface area contributed by atoms with Crippen molar-refractivity contribution in [3.63, 3.8) is 0 Å². The molecule has 2 aliphatic heterocycles. The van der Waals surface area contributed by atoms with E-state index in [1.807, 2.05) is 47.2 Å². The van der Waals surface area contributed by atoms with Crippen molar-refractivity contribution in [1.82, 2.24) is 9.80 Å². The van der Waals surface area contributed by atoms with E-state index in [0.29, 0.717) is 23.6 Å². The van der Waals surface area contributed by atoms with E-state index in [2.05, 4.69) is 13.8 Å². The lowest BCUT2D eigenvalue weighted by Crippen LogP contribution is -2.48. The molecular formula is C20H28N2O3S2. The number of hydrogen-bond donors (Lipinski definition) is 1. The number of para-hydroxylation sites is 1. The molecule has 1 aromatic rings. The summed E-state index contributed by atoms with van der Waals surface area (Å²) in [6.07, 6.45) is 0. The highest BCUT2D eigenvalue weighted by molar-refractivity contribution is 8.00. The van der Waals surface area contributed by atoms with E-state index in [-0.39, 0.29) is 40.8 Å². The highest BCUT2D eigenvalue weighted by Gasteiger charge is 2.34. The fourth-order valence-corrected chi connectivity index (χ4v) is 5.84. The third-order valence-electron chi connectivity index (χ3n) is 5.79. The predicted molar refractivity (Wildman–Crippen MR) is 113 cm³/mol. The van der Waals surface area contributed by atoms with Crippen LogP contribution in [0.2, 0.25) is 0 Å². The molecule has 5 nitrogen and oxygen atoms in total. The summed E-state index contributed by atoms with van der Waals surface area (Å²) in [5, 5.41) is 11.5. The molecule has 0 bridgehead atoms. The molecule has 1 N–H and O–H groups in total. The van der Waals surface area contributed by atoms with Crippen LogP contribution in [0.5, 0.6) is 5.75 Å². The Morgan fingerprint density at radius 1 is 0.889 bits per heavy atom. The van der Waals surface area contributed by atoms with Gasteiger partial charge in [-0.2, -0.15) is 23.5 Å². The van der Waals surface area contributed by atoms with E-state index >= 15 is 0 Å². The fraction of sp³-hybridized carbons (Fsp3) is 0.600. The highest BCUT2D eigenvalue weighted by atomic mass is 32.2. The van der Waals surface area contributed by atoms with Crippen LogP contribution >= 0.6 is 23.5 Å². The van der Waals surface area contributed by atoms with Crippen molar-refractivity contribution in [2.75, 3.05) is 24.6 Å². The topological polar surface area (TPSA) is 60.9 Å². The molecule has 2 amide bonds. The summed E-state index contributed by atoms with van der Waals surface area (Å²) < 4.78 is 0. The monoisotopic (exact) mass is 408 g/mol. The van der Waals surface area contributed by atoms with Crippen LogP contribution < -0.4 is 0 Å². The number of rotatable bonds is 2. The average Bonchev–Trinajstić information content (AvgIpc) is 2.65. The molecule has 0 unspecified atom stereocenters. The molecule has 27 heavy (non-hydrogen) atoms. The van der Waals surface area contributed by atoms with E-state index in [1.165, 1.54) is 0 Å². The van der Waals surface area contributed by atoms with Crippen molar-refractivity contribution in [1.29, 1.82) is 0 Å². The number of nitrogens with zero attached hydrogens (tertiary/aromatic N) is 2. The van der Waals surface area contributed by atoms with Crippen molar-refractivity contribution < 1.29 is 14.7 Å². The molecule has 2 aliphatic rings. The average molecular weight is 409 g/mol. The Hall–Kier alpha value is -1.34. The van der Waals surface area contributed by atoms with E-state index in [0.717, 1.165) is 11.5 Å². The second-order valence-electron chi connectivity index (χ2n) is 7.33. The number of phenols is 1. The summed E-state index contributed by atoms with van der Waals surface area (Å²) in [5.74, 6) is 1.19. The molecule has 2 fully saturated rings. The third kappa shape index (κ3) is 3.94. The van der Waals surface area contributed by atoms with Crippen LogP contribution in [0.1, 0.15) is 48.4 Å². The second-order valence-corrected chi connectivity index (χ2v) is 10.3. The Morgan fingerprint density at radius 3 is 1.70 bits per heavy atom. The van der Waals surface area contributed by atoms with Crippen molar-refractivity contribution in [2.24, 2.45) is 0 Å². The van der Waals surface area contributed by atoms with Gasteiger partial charge in [-0.3, -0.25) is 9.59 Å². The van der Waals surface area contributed by atoms with Gasteiger partial charge >= 0.3 is 0 Å². The van der Waals surface area contributed by atoms with Gasteiger partial charge < -0.3 is 14.9 Å². The number of amides is 2. The molecule has 0 saturated carbocycles. The molecule has 0 spiro atoms. The Balaban J connectivity index is 1.87. The van der Waals surface area contributed by atoms with Gasteiger partial charge in [-0.1, -0.05) is 19.9 Å². The Labute approximate surface area is 169 Å². The number of benzene rings is 1. The van der Waals surface area contributed by atoms with Crippen LogP contribution in [0.25, 0.3) is 0 Å². The summed E-state index contributed by atoms with van der Waals surface area (Å²) in [4.78, 5) is 29.8. The SMILES string of the molecule is C[C@@H]1SCCN(C(=O)c2cccc(C(=O)N3CCS[C@H](C)[C@@H]3C)c2O)[C@@H]1C. The zero-order chi connectivity index (χ0) is 19.7. The zero-order valence-electron chi connectivity index (χ0n) is 16.3. The minimum atomic E-state index is -0.197. The van der Waals surface area contributed by atoms with Gasteiger partial charge in [-0.25, -0.2) is 0 Å². The Bertz CT molecular complexity index is 671. The molecule has 148 valence electrons. The zero-order valence-corrected chi connectivity index (χ0v) is 18.0. The molecule has 2 heterocycles. The van der Waals surface area contributed by atoms with Crippen molar-refractivity contribution in [2.45, 2.75) is 50.3 Å². The molecule has 1 aromatic carbocycles. The molecule has 7 heteroatoms. The van der Waals surface area contributed by atoms with Gasteiger partial charge in [0.2, 0.25) is 0 Å². The first-order valence-corrected chi connectivity index (χ1v) is 11.6. The third-order valence-corrected chi connectivity index (χ3v) is 8.46. The van der Waals surface area contributed by atoms with E-state index in [4.69, 9.17) is 0 Å². The number of phenolic OH excluding ortho intramolecular Hbond substituents is 1. The maximum absolute atomic E-state index is 13.1. The summed E-state index contributed by atoms with van der Waals surface area (Å²) >= 11 is 3.71. The van der Waals surface area contributed by atoms with Crippen LogP contribution in [0.3, 0.4) is 0 Å². The second kappa shape index (κ2) is 8.35. The number of aromatic hydroxyl groups is 1. The maximum Gasteiger partial charge on any atom is 0.257 e. The number of thioether (sulfide) groups is 2. The van der Waals surface area contributed by atoms with E-state index in [1.54, 1.807) is 18.2 Å². The van der Waals surface area contributed by atoms with Crippen LogP contribution in [-0.4, -0.2) is 73.9 Å². The first-order valence-electron chi connectivity index (χ1n) is 9.50. The molecule has 0 radical (unpaired) electrons. The minimum absolute atomic E-state index is 0.0926. The summed E-state index contributed by atoms with van der Waals surface area (Å²) in [7, 11) is 0. The Morgan fingerprint density at radius 2 is 1.30 bits per heavy atom. The van der Waals surface area contributed by atoms with Crippen molar-refractivity contribution in [3.8, 4) is 5.75 Å². The highest BCUT2D eigenvalue weighted by Crippen LogP contribution is 2.32. The van der Waals surface area contributed by atoms with Crippen LogP contribution in [0.4, 0.5) is 0 Å². The van der Waals surface area contributed by atoms with Gasteiger partial charge in [0, 0.05) is 47.2 Å². The summed E-state index contributed by atoms with van der Waals surface area (Å²) in [6.45, 7) is 9.62. The molecule has 4 atom stereocenters. The van der Waals surface area contributed by atoms with Crippen LogP contribution in [-0.2, 0) is 0 Å². The number of hydrogen-bond acceptors (Lipinski definition) is 5. The normalized spacial score (nSPS) is 28.9. The van der Waals surface area contributed by atoms with Gasteiger partial charge in [-0.05, 0) is 26.0 Å². The maximum atomic E-state index is 13.1. The van der Waals surface area contributed by atoms with Crippen LogP contribution in [0, 0.1) is 0 Å². The first kappa shape index (κ1) is 20.4. The standard InChI is InChI=1S/C20H28N2O3S2/c1-12-14(3)26-10-8-21(12)19(24)16-6-5-7-17(18(16)23)20(25)22-9-11-27-15(4)13(22)2/h5-7,12-15,23H,8-11H2,1-4H3/t12-,13+,14+,15-. The van der Waals surface area contributed by atoms with Crippen LogP contribution in [0.15, 0.2) is 18.2 Å². The molecule has 0 aliphatic carbocycles. The van der Waals surface area contributed by atoms with Gasteiger partial charge in [-0.15, -0.1) is 0 Å². The van der Waals surface area contributed by atoms with Gasteiger partial charge in [0.25, 0.3) is 11.8 Å². The fourth-order valence-electron chi connectivity index (χ4n) is 3.64. The smallest absolute Gasteiger partial charge is 0.257 e. The van der Waals surface area contributed by atoms with Gasteiger partial charge in [0.05, 0.1) is 11.1 Å². The lowest BCUT2D eigenvalue weighted by atomic mass is 10.0. The summed E-state index contributed by atoms with van der Waals surface area (Å²) in [6, 6.07) is 5.11. The first-order chi connectivity index (χ1) is 12.8. The van der Waals surface area contributed by atoms with Crippen molar-refractivity contribution >= 4 is 35.3 Å². The van der Waals surface area contributed by atoms with E-state index < -0.39 is 0 Å². The molecular weight excluding hydrogens is 380 g/mol. The molecule has 2 saturated heterocycles. The minimum Gasteiger partial charge on any atom is -0.506 e. The van der Waals surface area contributed by atoms with Crippen molar-refractivity contribution in [3.05, 3.63) is 29.3 Å². The quantitative estimate of drug-likeness (QED) is 0.813. The van der Waals surface area contributed by atoms with E-state index in [9.17, 15) is 14.7 Å². The Kier molecular flexibility index (Phi) is 6.31. The molecule has 3 rings (SSSR count). The number of carbonyl (C=O) groups excluding carboxylic acids is 2. The molecule has 0 aromatic heterocycles. The van der Waals surface area contributed by atoms with Gasteiger partial charge in [0.1, 0.15) is 5.75 Å². The predicted octanol–water partition coefficient (Wildman–Crippen LogP) is 3.32. The number of carbonyl (C=O) groups is 2.